The highest BCUT2D eigenvalue weighted by Gasteiger charge is 2.18. The topological polar surface area (TPSA) is 86.0 Å². The summed E-state index contributed by atoms with van der Waals surface area (Å²) in [6.45, 7) is 3.09. The molecule has 1 fully saturated rings. The van der Waals surface area contributed by atoms with Gasteiger partial charge in [0.15, 0.2) is 5.69 Å². The Balaban J connectivity index is 1.43. The van der Waals surface area contributed by atoms with Crippen LogP contribution >= 0.6 is 0 Å². The second kappa shape index (κ2) is 6.65. The van der Waals surface area contributed by atoms with Gasteiger partial charge < -0.3 is 19.9 Å². The van der Waals surface area contributed by atoms with Crippen molar-refractivity contribution in [2.45, 2.75) is 0 Å². The standard InChI is InChI=1S/C20H18FN5O2/c21-12-1-4-16-15(9-12)18(11-22-16)23-20(27)19-14-3-2-13(10-17(14)24-25-19)26-5-7-28-8-6-26/h1-4,9-11,22H,5-8H2,(H,23,27)(H,24,25). The van der Waals surface area contributed by atoms with E-state index in [0.717, 1.165) is 35.2 Å². The Hall–Kier alpha value is -3.39. The van der Waals surface area contributed by atoms with Crippen molar-refractivity contribution >= 4 is 39.1 Å². The maximum atomic E-state index is 13.5. The van der Waals surface area contributed by atoms with Gasteiger partial charge in [-0.1, -0.05) is 0 Å². The zero-order valence-corrected chi connectivity index (χ0v) is 15.0. The molecule has 0 unspecified atom stereocenters. The molecule has 0 atom stereocenters. The minimum absolute atomic E-state index is 0.300. The van der Waals surface area contributed by atoms with Crippen LogP contribution in [-0.4, -0.2) is 47.4 Å². The average Bonchev–Trinajstić information content (AvgIpc) is 3.32. The zero-order valence-electron chi connectivity index (χ0n) is 15.0. The summed E-state index contributed by atoms with van der Waals surface area (Å²) in [6, 6.07) is 10.3. The molecule has 142 valence electrons. The van der Waals surface area contributed by atoms with Crippen LogP contribution in [0, 0.1) is 5.82 Å². The van der Waals surface area contributed by atoms with Crippen molar-refractivity contribution in [3.05, 3.63) is 54.1 Å². The molecule has 2 aromatic carbocycles. The first-order valence-electron chi connectivity index (χ1n) is 9.08. The van der Waals surface area contributed by atoms with Crippen LogP contribution in [0.3, 0.4) is 0 Å². The largest absolute Gasteiger partial charge is 0.378 e. The third kappa shape index (κ3) is 2.87. The number of amides is 1. The van der Waals surface area contributed by atoms with E-state index in [1.807, 2.05) is 18.2 Å². The quantitative estimate of drug-likeness (QED) is 0.510. The number of aromatic amines is 2. The van der Waals surface area contributed by atoms with Crippen LogP contribution in [0.1, 0.15) is 10.5 Å². The maximum absolute atomic E-state index is 13.5. The normalized spacial score (nSPS) is 14.7. The highest BCUT2D eigenvalue weighted by atomic mass is 19.1. The lowest BCUT2D eigenvalue weighted by Crippen LogP contribution is -2.36. The lowest BCUT2D eigenvalue weighted by atomic mass is 10.1. The summed E-state index contributed by atoms with van der Waals surface area (Å²) in [7, 11) is 0. The molecule has 1 amide bonds. The molecule has 7 nitrogen and oxygen atoms in total. The van der Waals surface area contributed by atoms with Gasteiger partial charge in [-0.15, -0.1) is 0 Å². The smallest absolute Gasteiger partial charge is 0.276 e. The third-order valence-corrected chi connectivity index (χ3v) is 5.03. The van der Waals surface area contributed by atoms with Gasteiger partial charge in [-0.05, 0) is 36.4 Å². The maximum Gasteiger partial charge on any atom is 0.276 e. The Labute approximate surface area is 159 Å². The fourth-order valence-electron chi connectivity index (χ4n) is 3.58. The summed E-state index contributed by atoms with van der Waals surface area (Å²) in [5, 5.41) is 11.3. The number of fused-ring (bicyclic) bond motifs is 2. The van der Waals surface area contributed by atoms with E-state index < -0.39 is 0 Å². The van der Waals surface area contributed by atoms with Crippen LogP contribution in [0.15, 0.2) is 42.6 Å². The highest BCUT2D eigenvalue weighted by molar-refractivity contribution is 6.14. The molecule has 28 heavy (non-hydrogen) atoms. The molecular formula is C20H18FN5O2. The molecule has 1 aliphatic heterocycles. The van der Waals surface area contributed by atoms with Crippen molar-refractivity contribution < 1.29 is 13.9 Å². The molecule has 2 aromatic heterocycles. The molecule has 1 saturated heterocycles. The molecular weight excluding hydrogens is 361 g/mol. The molecule has 1 aliphatic rings. The van der Waals surface area contributed by atoms with E-state index in [1.165, 1.54) is 12.1 Å². The Kier molecular flexibility index (Phi) is 3.98. The van der Waals surface area contributed by atoms with Gasteiger partial charge in [-0.2, -0.15) is 5.10 Å². The van der Waals surface area contributed by atoms with Crippen molar-refractivity contribution in [2.24, 2.45) is 0 Å². The molecule has 0 aliphatic carbocycles. The number of nitrogens with one attached hydrogen (secondary N) is 3. The van der Waals surface area contributed by atoms with Gasteiger partial charge in [0.25, 0.3) is 5.91 Å². The average molecular weight is 379 g/mol. The van der Waals surface area contributed by atoms with Crippen LogP contribution in [0.5, 0.6) is 0 Å². The van der Waals surface area contributed by atoms with Gasteiger partial charge in [-0.3, -0.25) is 9.89 Å². The lowest BCUT2D eigenvalue weighted by molar-refractivity contribution is 0.102. The van der Waals surface area contributed by atoms with Gasteiger partial charge in [0, 0.05) is 41.3 Å². The van der Waals surface area contributed by atoms with Crippen molar-refractivity contribution in [1.29, 1.82) is 0 Å². The summed E-state index contributed by atoms with van der Waals surface area (Å²) < 4.78 is 18.9. The zero-order chi connectivity index (χ0) is 19.1. The number of anilines is 2. The first kappa shape index (κ1) is 16.8. The number of morpholine rings is 1. The molecule has 4 aromatic rings. The fourth-order valence-corrected chi connectivity index (χ4v) is 3.58. The molecule has 3 N–H and O–H groups in total. The number of H-pyrrole nitrogens is 2. The molecule has 8 heteroatoms. The van der Waals surface area contributed by atoms with Crippen LogP contribution < -0.4 is 10.2 Å². The number of ether oxygens (including phenoxy) is 1. The summed E-state index contributed by atoms with van der Waals surface area (Å²) in [4.78, 5) is 18.0. The van der Waals surface area contributed by atoms with E-state index in [4.69, 9.17) is 4.74 Å². The van der Waals surface area contributed by atoms with Gasteiger partial charge in [0.2, 0.25) is 0 Å². The van der Waals surface area contributed by atoms with Gasteiger partial charge in [-0.25, -0.2) is 4.39 Å². The van der Waals surface area contributed by atoms with Crippen molar-refractivity contribution in [1.82, 2.24) is 15.2 Å². The number of rotatable bonds is 3. The monoisotopic (exact) mass is 379 g/mol. The minimum atomic E-state index is -0.358. The number of hydrogen-bond donors (Lipinski definition) is 3. The fraction of sp³-hybridized carbons (Fsp3) is 0.200. The van der Waals surface area contributed by atoms with Crippen LogP contribution in [0.2, 0.25) is 0 Å². The van der Waals surface area contributed by atoms with Crippen molar-refractivity contribution in [3.63, 3.8) is 0 Å². The van der Waals surface area contributed by atoms with Crippen molar-refractivity contribution in [3.8, 4) is 0 Å². The van der Waals surface area contributed by atoms with E-state index in [1.54, 1.807) is 12.3 Å². The second-order valence-corrected chi connectivity index (χ2v) is 6.75. The Morgan fingerprint density at radius 2 is 1.96 bits per heavy atom. The number of aromatic nitrogens is 3. The molecule has 3 heterocycles. The summed E-state index contributed by atoms with van der Waals surface area (Å²) in [6.07, 6.45) is 1.65. The number of carbonyl (C=O) groups is 1. The second-order valence-electron chi connectivity index (χ2n) is 6.75. The summed E-state index contributed by atoms with van der Waals surface area (Å²) in [5.41, 5.74) is 3.42. The van der Waals surface area contributed by atoms with Crippen LogP contribution in [0.25, 0.3) is 21.8 Å². The summed E-state index contributed by atoms with van der Waals surface area (Å²) in [5.74, 6) is -0.709. The van der Waals surface area contributed by atoms with Crippen molar-refractivity contribution in [2.75, 3.05) is 36.5 Å². The van der Waals surface area contributed by atoms with E-state index >= 15 is 0 Å². The number of carbonyl (C=O) groups excluding carboxylic acids is 1. The van der Waals surface area contributed by atoms with Gasteiger partial charge >= 0.3 is 0 Å². The molecule has 5 rings (SSSR count). The first-order valence-corrected chi connectivity index (χ1v) is 9.08. The Morgan fingerprint density at radius 3 is 2.82 bits per heavy atom. The Morgan fingerprint density at radius 1 is 1.11 bits per heavy atom. The molecule has 0 radical (unpaired) electrons. The van der Waals surface area contributed by atoms with E-state index in [2.05, 4.69) is 25.4 Å². The van der Waals surface area contributed by atoms with Crippen LogP contribution in [-0.2, 0) is 4.74 Å². The van der Waals surface area contributed by atoms with E-state index in [-0.39, 0.29) is 11.7 Å². The van der Waals surface area contributed by atoms with Gasteiger partial charge in [0.05, 0.1) is 24.4 Å². The minimum Gasteiger partial charge on any atom is -0.378 e. The predicted molar refractivity (Wildman–Crippen MR) is 105 cm³/mol. The SMILES string of the molecule is O=C(Nc1c[nH]c2ccc(F)cc12)c1n[nH]c2cc(N3CCOCC3)ccc12. The number of nitrogens with zero attached hydrogens (tertiary/aromatic N) is 2. The first-order chi connectivity index (χ1) is 13.7. The van der Waals surface area contributed by atoms with E-state index in [0.29, 0.717) is 30.0 Å². The number of halogens is 1. The van der Waals surface area contributed by atoms with Crippen LogP contribution in [0.4, 0.5) is 15.8 Å². The third-order valence-electron chi connectivity index (χ3n) is 5.03. The Bertz CT molecular complexity index is 1180. The number of hydrogen-bond acceptors (Lipinski definition) is 4. The lowest BCUT2D eigenvalue weighted by Gasteiger charge is -2.28. The number of benzene rings is 2. The molecule has 0 spiro atoms. The molecule has 0 bridgehead atoms. The van der Waals surface area contributed by atoms with E-state index in [9.17, 15) is 9.18 Å². The molecule has 0 saturated carbocycles. The predicted octanol–water partition coefficient (Wildman–Crippen LogP) is 3.27. The summed E-state index contributed by atoms with van der Waals surface area (Å²) >= 11 is 0. The van der Waals surface area contributed by atoms with Gasteiger partial charge in [0.1, 0.15) is 5.82 Å². The highest BCUT2D eigenvalue weighted by Crippen LogP contribution is 2.27.